The Morgan fingerprint density at radius 2 is 1.94 bits per heavy atom. The summed E-state index contributed by atoms with van der Waals surface area (Å²) in [6.07, 6.45) is 3.06. The molecule has 0 N–H and O–H groups in total. The molecule has 0 fully saturated rings. The molecule has 0 radical (unpaired) electrons. The summed E-state index contributed by atoms with van der Waals surface area (Å²) >= 11 is 9.41. The molecule has 0 amide bonds. The Kier molecular flexibility index (Phi) is 7.65. The molecule has 3 aromatic carbocycles. The molecule has 0 saturated carbocycles. The lowest BCUT2D eigenvalue weighted by molar-refractivity contribution is 0.284. The van der Waals surface area contributed by atoms with Gasteiger partial charge in [-0.1, -0.05) is 52.7 Å². The average Bonchev–Trinajstić information content (AvgIpc) is 2.84. The summed E-state index contributed by atoms with van der Waals surface area (Å²) in [4.78, 5) is 17.9. The van der Waals surface area contributed by atoms with Gasteiger partial charge in [0.05, 0.1) is 24.2 Å². The summed E-state index contributed by atoms with van der Waals surface area (Å²) in [5, 5.41) is 5.69. The van der Waals surface area contributed by atoms with Crippen LogP contribution in [-0.4, -0.2) is 23.0 Å². The number of ether oxygens (including phenoxy) is 2. The van der Waals surface area contributed by atoms with E-state index in [0.717, 1.165) is 16.5 Å². The van der Waals surface area contributed by atoms with Crippen molar-refractivity contribution in [3.05, 3.63) is 97.5 Å². The van der Waals surface area contributed by atoms with Crippen molar-refractivity contribution in [2.75, 3.05) is 7.11 Å². The van der Waals surface area contributed by atoms with Gasteiger partial charge in [0.15, 0.2) is 11.5 Å². The zero-order valence-electron chi connectivity index (χ0n) is 18.8. The topological polar surface area (TPSA) is 65.7 Å². The Morgan fingerprint density at radius 3 is 2.68 bits per heavy atom. The van der Waals surface area contributed by atoms with Crippen LogP contribution in [0, 0.1) is 0 Å². The number of methoxy groups -OCH3 is 1. The Labute approximate surface area is 210 Å². The van der Waals surface area contributed by atoms with Gasteiger partial charge in [0.2, 0.25) is 0 Å². The van der Waals surface area contributed by atoms with Gasteiger partial charge < -0.3 is 9.47 Å². The van der Waals surface area contributed by atoms with Crippen LogP contribution in [0.1, 0.15) is 30.3 Å². The normalized spacial score (nSPS) is 11.3. The van der Waals surface area contributed by atoms with Crippen LogP contribution in [0.3, 0.4) is 0 Å². The van der Waals surface area contributed by atoms with Crippen molar-refractivity contribution in [3.63, 3.8) is 0 Å². The molecule has 174 valence electrons. The number of benzene rings is 3. The molecule has 8 heteroatoms. The molecule has 4 rings (SSSR count). The van der Waals surface area contributed by atoms with Gasteiger partial charge in [0, 0.05) is 21.5 Å². The van der Waals surface area contributed by atoms with Gasteiger partial charge >= 0.3 is 0 Å². The highest BCUT2D eigenvalue weighted by molar-refractivity contribution is 9.10. The smallest absolute Gasteiger partial charge is 0.282 e. The number of para-hydroxylation sites is 1. The molecular formula is C26H23BrClN3O3. The fraction of sp³-hybridized carbons (Fsp3) is 0.192. The minimum Gasteiger partial charge on any atom is -0.493 e. The van der Waals surface area contributed by atoms with Crippen LogP contribution < -0.4 is 15.0 Å². The predicted molar refractivity (Wildman–Crippen MR) is 139 cm³/mol. The molecule has 1 aromatic heterocycles. The highest BCUT2D eigenvalue weighted by Gasteiger charge is 2.13. The number of halogens is 2. The second-order valence-electron chi connectivity index (χ2n) is 7.59. The van der Waals surface area contributed by atoms with Gasteiger partial charge in [-0.3, -0.25) is 4.79 Å². The van der Waals surface area contributed by atoms with Crippen molar-refractivity contribution in [2.24, 2.45) is 5.10 Å². The zero-order chi connectivity index (χ0) is 24.1. The van der Waals surface area contributed by atoms with E-state index < -0.39 is 0 Å². The molecule has 0 atom stereocenters. The van der Waals surface area contributed by atoms with Crippen molar-refractivity contribution >= 4 is 44.6 Å². The summed E-state index contributed by atoms with van der Waals surface area (Å²) in [6.45, 7) is 2.36. The summed E-state index contributed by atoms with van der Waals surface area (Å²) in [6, 6.07) is 18.4. The van der Waals surface area contributed by atoms with Crippen molar-refractivity contribution in [1.82, 2.24) is 9.66 Å². The fourth-order valence-electron chi connectivity index (χ4n) is 3.50. The van der Waals surface area contributed by atoms with E-state index in [1.807, 2.05) is 61.5 Å². The van der Waals surface area contributed by atoms with E-state index in [1.165, 1.54) is 4.68 Å². The minimum absolute atomic E-state index is 0.225. The minimum atomic E-state index is -0.225. The highest BCUT2D eigenvalue weighted by atomic mass is 79.9. The molecule has 0 saturated heterocycles. The monoisotopic (exact) mass is 539 g/mol. The third-order valence-electron chi connectivity index (χ3n) is 5.19. The number of nitrogens with zero attached hydrogens (tertiary/aromatic N) is 3. The number of hydrogen-bond acceptors (Lipinski definition) is 5. The Morgan fingerprint density at radius 1 is 1.15 bits per heavy atom. The SMILES string of the molecule is CCCc1nc2ccc(Br)cc2c(=O)n1N=Cc1cccc(OC)c1OCc1ccc(Cl)cc1. The van der Waals surface area contributed by atoms with Gasteiger partial charge in [-0.2, -0.15) is 9.78 Å². The summed E-state index contributed by atoms with van der Waals surface area (Å²) < 4.78 is 13.8. The standard InChI is InChI=1S/C26H23BrClN3O3/c1-3-5-24-30-22-13-10-19(27)14-21(22)26(32)31(24)29-15-18-6-4-7-23(33-2)25(18)34-16-17-8-11-20(28)12-9-17/h4,6-15H,3,5,16H2,1-2H3. The quantitative estimate of drug-likeness (QED) is 0.248. The van der Waals surface area contributed by atoms with Crippen LogP contribution in [0.2, 0.25) is 5.02 Å². The molecule has 6 nitrogen and oxygen atoms in total. The van der Waals surface area contributed by atoms with Crippen LogP contribution in [-0.2, 0) is 13.0 Å². The number of hydrogen-bond donors (Lipinski definition) is 0. The Bertz CT molecular complexity index is 1400. The van der Waals surface area contributed by atoms with Crippen LogP contribution in [0.4, 0.5) is 0 Å². The molecule has 0 unspecified atom stereocenters. The van der Waals surface area contributed by atoms with Crippen LogP contribution in [0.15, 0.2) is 75.0 Å². The van der Waals surface area contributed by atoms with Crippen LogP contribution >= 0.6 is 27.5 Å². The maximum absolute atomic E-state index is 13.3. The number of rotatable bonds is 8. The summed E-state index contributed by atoms with van der Waals surface area (Å²) in [7, 11) is 1.58. The first-order valence-corrected chi connectivity index (χ1v) is 12.0. The molecule has 34 heavy (non-hydrogen) atoms. The molecule has 0 bridgehead atoms. The van der Waals surface area contributed by atoms with Crippen molar-refractivity contribution in [3.8, 4) is 11.5 Å². The maximum Gasteiger partial charge on any atom is 0.282 e. The van der Waals surface area contributed by atoms with Gasteiger partial charge in [0.1, 0.15) is 12.4 Å². The van der Waals surface area contributed by atoms with Gasteiger partial charge in [-0.25, -0.2) is 4.98 Å². The Hall–Kier alpha value is -3.16. The molecule has 1 heterocycles. The molecule has 0 aliphatic rings. The van der Waals surface area contributed by atoms with Crippen molar-refractivity contribution in [1.29, 1.82) is 0 Å². The first-order chi connectivity index (χ1) is 16.5. The summed E-state index contributed by atoms with van der Waals surface area (Å²) in [5.74, 6) is 1.70. The first kappa shape index (κ1) is 24.0. The van der Waals surface area contributed by atoms with E-state index >= 15 is 0 Å². The predicted octanol–water partition coefficient (Wildman–Crippen LogP) is 6.23. The highest BCUT2D eigenvalue weighted by Crippen LogP contribution is 2.31. The van der Waals surface area contributed by atoms with Gasteiger partial charge in [-0.05, 0) is 54.4 Å². The largest absolute Gasteiger partial charge is 0.493 e. The molecule has 0 aliphatic heterocycles. The lowest BCUT2D eigenvalue weighted by Crippen LogP contribution is -2.22. The first-order valence-electron chi connectivity index (χ1n) is 10.8. The third-order valence-corrected chi connectivity index (χ3v) is 5.93. The molecule has 0 aliphatic carbocycles. The zero-order valence-corrected chi connectivity index (χ0v) is 21.1. The molecular weight excluding hydrogens is 518 g/mol. The second kappa shape index (κ2) is 10.8. The number of aryl methyl sites for hydroxylation is 1. The van der Waals surface area contributed by atoms with Crippen LogP contribution in [0.25, 0.3) is 10.9 Å². The number of fused-ring (bicyclic) bond motifs is 1. The maximum atomic E-state index is 13.3. The second-order valence-corrected chi connectivity index (χ2v) is 8.95. The summed E-state index contributed by atoms with van der Waals surface area (Å²) in [5.41, 5.74) is 2.06. The van der Waals surface area contributed by atoms with Crippen molar-refractivity contribution in [2.45, 2.75) is 26.4 Å². The van der Waals surface area contributed by atoms with Crippen LogP contribution in [0.5, 0.6) is 11.5 Å². The average molecular weight is 541 g/mol. The van der Waals surface area contributed by atoms with E-state index in [0.29, 0.717) is 51.8 Å². The van der Waals surface area contributed by atoms with E-state index in [4.69, 9.17) is 21.1 Å². The fourth-order valence-corrected chi connectivity index (χ4v) is 3.99. The van der Waals surface area contributed by atoms with Gasteiger partial charge in [0.25, 0.3) is 5.56 Å². The molecule has 0 spiro atoms. The lowest BCUT2D eigenvalue weighted by Gasteiger charge is -2.14. The van der Waals surface area contributed by atoms with Gasteiger partial charge in [-0.15, -0.1) is 0 Å². The van der Waals surface area contributed by atoms with Crippen molar-refractivity contribution < 1.29 is 9.47 Å². The van der Waals surface area contributed by atoms with E-state index in [9.17, 15) is 4.79 Å². The third kappa shape index (κ3) is 5.32. The Balaban J connectivity index is 1.73. The number of aromatic nitrogens is 2. The lowest BCUT2D eigenvalue weighted by atomic mass is 10.2. The van der Waals surface area contributed by atoms with E-state index in [2.05, 4.69) is 26.0 Å². The molecule has 4 aromatic rings. The van der Waals surface area contributed by atoms with E-state index in [1.54, 1.807) is 19.4 Å². The van der Waals surface area contributed by atoms with E-state index in [-0.39, 0.29) is 5.56 Å².